The quantitative estimate of drug-likeness (QED) is 0.851. The molecule has 1 heterocycles. The fraction of sp³-hybridized carbons (Fsp3) is 0.167. The van der Waals surface area contributed by atoms with Crippen molar-refractivity contribution in [2.24, 2.45) is 0 Å². The third kappa shape index (κ3) is 3.86. The number of thioether (sulfide) groups is 1. The molecule has 1 amide bonds. The lowest BCUT2D eigenvalue weighted by molar-refractivity contribution is -0.114. The van der Waals surface area contributed by atoms with Crippen LogP contribution in [0.4, 0.5) is 10.8 Å². The number of amides is 1. The molecule has 2 rings (SSSR count). The van der Waals surface area contributed by atoms with Crippen LogP contribution in [0.15, 0.2) is 28.5 Å². The van der Waals surface area contributed by atoms with Gasteiger partial charge in [0.15, 0.2) is 5.13 Å². The van der Waals surface area contributed by atoms with Gasteiger partial charge in [-0.05, 0) is 18.4 Å². The molecule has 1 aromatic carbocycles. The second kappa shape index (κ2) is 6.79. The monoisotopic (exact) mass is 315 g/mol. The van der Waals surface area contributed by atoms with Crippen molar-refractivity contribution in [3.8, 4) is 11.3 Å². The average molecular weight is 316 g/mol. The lowest BCUT2D eigenvalue weighted by Gasteiger charge is -2.09. The molecule has 0 saturated heterocycles. The maximum Gasteiger partial charge on any atom is 0.221 e. The Kier molecular flexibility index (Phi) is 5.65. The van der Waals surface area contributed by atoms with Gasteiger partial charge in [0, 0.05) is 22.8 Å². The van der Waals surface area contributed by atoms with Crippen molar-refractivity contribution in [1.29, 1.82) is 0 Å². The zero-order valence-corrected chi connectivity index (χ0v) is 12.9. The van der Waals surface area contributed by atoms with E-state index in [9.17, 15) is 4.79 Å². The number of rotatable bonds is 3. The summed E-state index contributed by atoms with van der Waals surface area (Å²) >= 11 is 2.99. The van der Waals surface area contributed by atoms with Crippen molar-refractivity contribution in [2.75, 3.05) is 17.3 Å². The van der Waals surface area contributed by atoms with E-state index in [4.69, 9.17) is 5.73 Å². The van der Waals surface area contributed by atoms with Gasteiger partial charge in [-0.2, -0.15) is 0 Å². The van der Waals surface area contributed by atoms with Gasteiger partial charge in [0.1, 0.15) is 0 Å². The highest BCUT2D eigenvalue weighted by molar-refractivity contribution is 7.98. The molecule has 2 aromatic rings. The predicted octanol–water partition coefficient (Wildman–Crippen LogP) is 3.49. The molecule has 7 heteroatoms. The SMILES string of the molecule is CSc1ccc(-c2csc(N)n2)cc1NC(C)=O.Cl. The minimum Gasteiger partial charge on any atom is -0.375 e. The number of anilines is 2. The Balaban J connectivity index is 0.00000180. The number of benzene rings is 1. The first-order valence-electron chi connectivity index (χ1n) is 5.27. The van der Waals surface area contributed by atoms with E-state index in [-0.39, 0.29) is 18.3 Å². The van der Waals surface area contributed by atoms with E-state index < -0.39 is 0 Å². The molecule has 0 aliphatic heterocycles. The fourth-order valence-electron chi connectivity index (χ4n) is 1.57. The van der Waals surface area contributed by atoms with E-state index >= 15 is 0 Å². The number of aromatic nitrogens is 1. The van der Waals surface area contributed by atoms with Crippen LogP contribution < -0.4 is 11.1 Å². The molecular formula is C12H14ClN3OS2. The van der Waals surface area contributed by atoms with Crippen molar-refractivity contribution >= 4 is 52.2 Å². The fourth-order valence-corrected chi connectivity index (χ4v) is 2.68. The Morgan fingerprint density at radius 3 is 2.74 bits per heavy atom. The van der Waals surface area contributed by atoms with E-state index in [1.54, 1.807) is 11.8 Å². The first kappa shape index (κ1) is 15.8. The summed E-state index contributed by atoms with van der Waals surface area (Å²) in [6.45, 7) is 1.50. The van der Waals surface area contributed by atoms with Crippen molar-refractivity contribution in [3.05, 3.63) is 23.6 Å². The number of carbonyl (C=O) groups is 1. The molecule has 19 heavy (non-hydrogen) atoms. The second-order valence-corrected chi connectivity index (χ2v) is 5.40. The van der Waals surface area contributed by atoms with Crippen LogP contribution in [0.5, 0.6) is 0 Å². The van der Waals surface area contributed by atoms with Gasteiger partial charge in [-0.1, -0.05) is 6.07 Å². The summed E-state index contributed by atoms with van der Waals surface area (Å²) in [5, 5.41) is 5.27. The Morgan fingerprint density at radius 2 is 2.21 bits per heavy atom. The molecule has 0 saturated carbocycles. The van der Waals surface area contributed by atoms with Crippen LogP contribution in [-0.4, -0.2) is 17.1 Å². The Bertz CT molecular complexity index is 586. The van der Waals surface area contributed by atoms with Crippen LogP contribution in [0.3, 0.4) is 0 Å². The molecule has 4 nitrogen and oxygen atoms in total. The van der Waals surface area contributed by atoms with E-state index in [0.29, 0.717) is 5.13 Å². The largest absolute Gasteiger partial charge is 0.375 e. The molecule has 0 fully saturated rings. The zero-order chi connectivity index (χ0) is 13.1. The molecule has 3 N–H and O–H groups in total. The summed E-state index contributed by atoms with van der Waals surface area (Å²) in [7, 11) is 0. The van der Waals surface area contributed by atoms with Crippen molar-refractivity contribution < 1.29 is 4.79 Å². The van der Waals surface area contributed by atoms with Crippen molar-refractivity contribution in [2.45, 2.75) is 11.8 Å². The number of thiazole rings is 1. The van der Waals surface area contributed by atoms with Gasteiger partial charge in [0.2, 0.25) is 5.91 Å². The lowest BCUT2D eigenvalue weighted by Crippen LogP contribution is -2.06. The summed E-state index contributed by atoms with van der Waals surface area (Å²) in [4.78, 5) is 16.4. The highest BCUT2D eigenvalue weighted by atomic mass is 35.5. The molecule has 102 valence electrons. The smallest absolute Gasteiger partial charge is 0.221 e. The molecule has 0 aliphatic carbocycles. The highest BCUT2D eigenvalue weighted by Crippen LogP contribution is 2.31. The van der Waals surface area contributed by atoms with Crippen LogP contribution in [0.25, 0.3) is 11.3 Å². The number of carbonyl (C=O) groups excluding carboxylic acids is 1. The number of hydrogen-bond donors (Lipinski definition) is 2. The Hall–Kier alpha value is -1.24. The average Bonchev–Trinajstić information content (AvgIpc) is 2.75. The number of nitrogens with two attached hydrogens (primary N) is 1. The second-order valence-electron chi connectivity index (χ2n) is 3.67. The molecule has 0 bridgehead atoms. The maximum absolute atomic E-state index is 11.2. The van der Waals surface area contributed by atoms with Gasteiger partial charge in [-0.15, -0.1) is 35.5 Å². The van der Waals surface area contributed by atoms with E-state index in [2.05, 4.69) is 10.3 Å². The number of nitrogens with zero attached hydrogens (tertiary/aromatic N) is 1. The molecule has 0 atom stereocenters. The molecular weight excluding hydrogens is 302 g/mol. The third-order valence-electron chi connectivity index (χ3n) is 2.33. The number of nitrogens with one attached hydrogen (secondary N) is 1. The third-order valence-corrected chi connectivity index (χ3v) is 3.80. The van der Waals surface area contributed by atoms with Crippen molar-refractivity contribution in [3.63, 3.8) is 0 Å². The van der Waals surface area contributed by atoms with E-state index in [1.165, 1.54) is 18.3 Å². The minimum atomic E-state index is -0.0831. The number of nitrogen functional groups attached to an aromatic ring is 1. The van der Waals surface area contributed by atoms with Gasteiger partial charge in [0.25, 0.3) is 0 Å². The standard InChI is InChI=1S/C12H13N3OS2.ClH/c1-7(16)14-9-5-8(3-4-11(9)17-2)10-6-18-12(13)15-10;/h3-6H,1-2H3,(H2,13,15)(H,14,16);1H. The molecule has 1 aromatic heterocycles. The predicted molar refractivity (Wildman–Crippen MR) is 85.3 cm³/mol. The summed E-state index contributed by atoms with van der Waals surface area (Å²) in [5.74, 6) is -0.0831. The molecule has 0 unspecified atom stereocenters. The first-order valence-corrected chi connectivity index (χ1v) is 7.37. The normalized spacial score (nSPS) is 9.79. The summed E-state index contributed by atoms with van der Waals surface area (Å²) < 4.78 is 0. The van der Waals surface area contributed by atoms with Gasteiger partial charge in [0.05, 0.1) is 11.4 Å². The first-order chi connectivity index (χ1) is 8.60. The van der Waals surface area contributed by atoms with Gasteiger partial charge >= 0.3 is 0 Å². The minimum absolute atomic E-state index is 0. The molecule has 0 spiro atoms. The van der Waals surface area contributed by atoms with Gasteiger partial charge in [-0.25, -0.2) is 4.98 Å². The van der Waals surface area contributed by atoms with Crippen LogP contribution in [0.2, 0.25) is 0 Å². The van der Waals surface area contributed by atoms with Crippen LogP contribution in [0, 0.1) is 0 Å². The Labute approximate surface area is 126 Å². The van der Waals surface area contributed by atoms with Crippen LogP contribution in [-0.2, 0) is 4.79 Å². The summed E-state index contributed by atoms with van der Waals surface area (Å²) in [5.41, 5.74) is 8.21. The maximum atomic E-state index is 11.2. The van der Waals surface area contributed by atoms with Crippen LogP contribution >= 0.6 is 35.5 Å². The zero-order valence-electron chi connectivity index (χ0n) is 10.5. The van der Waals surface area contributed by atoms with Gasteiger partial charge < -0.3 is 11.1 Å². The topological polar surface area (TPSA) is 68.0 Å². The highest BCUT2D eigenvalue weighted by Gasteiger charge is 2.08. The van der Waals surface area contributed by atoms with Crippen LogP contribution in [0.1, 0.15) is 6.92 Å². The molecule has 0 radical (unpaired) electrons. The van der Waals surface area contributed by atoms with E-state index in [0.717, 1.165) is 21.8 Å². The van der Waals surface area contributed by atoms with Crippen molar-refractivity contribution in [1.82, 2.24) is 4.98 Å². The Morgan fingerprint density at radius 1 is 1.47 bits per heavy atom. The summed E-state index contributed by atoms with van der Waals surface area (Å²) in [6, 6.07) is 5.87. The molecule has 0 aliphatic rings. The van der Waals surface area contributed by atoms with E-state index in [1.807, 2.05) is 29.8 Å². The lowest BCUT2D eigenvalue weighted by atomic mass is 10.1. The number of halogens is 1. The summed E-state index contributed by atoms with van der Waals surface area (Å²) in [6.07, 6.45) is 1.97. The van der Waals surface area contributed by atoms with Gasteiger partial charge in [-0.3, -0.25) is 4.79 Å². The number of hydrogen-bond acceptors (Lipinski definition) is 5.